The zero-order chi connectivity index (χ0) is 13.0. The Morgan fingerprint density at radius 2 is 1.89 bits per heavy atom. The van der Waals surface area contributed by atoms with E-state index in [1.54, 1.807) is 12.1 Å². The molecular formula is C12H12ClN3O2. The van der Waals surface area contributed by atoms with Crippen LogP contribution in [0.5, 0.6) is 0 Å². The van der Waals surface area contributed by atoms with E-state index in [4.69, 9.17) is 11.6 Å². The minimum Gasteiger partial charge on any atom is -0.383 e. The predicted molar refractivity (Wildman–Crippen MR) is 71.3 cm³/mol. The number of halogens is 1. The fourth-order valence-corrected chi connectivity index (χ4v) is 1.63. The van der Waals surface area contributed by atoms with Gasteiger partial charge < -0.3 is 5.32 Å². The Hall–Kier alpha value is -2.01. The molecule has 0 spiro atoms. The number of anilines is 1. The summed E-state index contributed by atoms with van der Waals surface area (Å²) in [6.45, 7) is 1.05. The topological polar surface area (TPSA) is 66.9 Å². The van der Waals surface area contributed by atoms with E-state index in [1.165, 1.54) is 16.8 Å². The third kappa shape index (κ3) is 3.24. The molecule has 2 aromatic rings. The second-order valence-corrected chi connectivity index (χ2v) is 4.17. The van der Waals surface area contributed by atoms with Crippen LogP contribution in [0.1, 0.15) is 0 Å². The van der Waals surface area contributed by atoms with Crippen molar-refractivity contribution in [2.45, 2.75) is 6.54 Å². The van der Waals surface area contributed by atoms with Gasteiger partial charge in [0.25, 0.3) is 5.56 Å². The van der Waals surface area contributed by atoms with Crippen molar-refractivity contribution >= 4 is 17.3 Å². The second-order valence-electron chi connectivity index (χ2n) is 3.74. The highest BCUT2D eigenvalue weighted by molar-refractivity contribution is 6.30. The van der Waals surface area contributed by atoms with Gasteiger partial charge in [-0.15, -0.1) is 0 Å². The van der Waals surface area contributed by atoms with Gasteiger partial charge in [0.1, 0.15) is 0 Å². The minimum atomic E-state index is -0.402. The number of H-pyrrole nitrogens is 1. The molecule has 0 amide bonds. The number of rotatable bonds is 4. The highest BCUT2D eigenvalue weighted by Gasteiger charge is 1.96. The summed E-state index contributed by atoms with van der Waals surface area (Å²) in [5.41, 5.74) is 0.138. The van der Waals surface area contributed by atoms with Gasteiger partial charge >= 0.3 is 5.69 Å². The summed E-state index contributed by atoms with van der Waals surface area (Å²) in [6, 6.07) is 8.62. The summed E-state index contributed by atoms with van der Waals surface area (Å²) < 4.78 is 1.43. The zero-order valence-corrected chi connectivity index (χ0v) is 10.3. The lowest BCUT2D eigenvalue weighted by Gasteiger charge is -2.07. The molecule has 94 valence electrons. The monoisotopic (exact) mass is 265 g/mol. The maximum absolute atomic E-state index is 11.4. The Balaban J connectivity index is 1.94. The molecule has 5 nitrogen and oxygen atoms in total. The molecule has 1 aromatic carbocycles. The standard InChI is InChI=1S/C12H12ClN3O2/c13-9-1-3-10(4-2-9)14-6-8-16-7-5-11(17)15-12(16)18/h1-5,7,14H,6,8H2,(H,15,17,18). The van der Waals surface area contributed by atoms with Gasteiger partial charge in [0.2, 0.25) is 0 Å². The Morgan fingerprint density at radius 1 is 1.17 bits per heavy atom. The molecule has 0 unspecified atom stereocenters. The molecule has 0 atom stereocenters. The van der Waals surface area contributed by atoms with E-state index in [2.05, 4.69) is 10.3 Å². The first-order valence-corrected chi connectivity index (χ1v) is 5.82. The molecule has 0 aliphatic heterocycles. The number of hydrogen-bond acceptors (Lipinski definition) is 3. The van der Waals surface area contributed by atoms with Crippen LogP contribution in [0, 0.1) is 0 Å². The van der Waals surface area contributed by atoms with Crippen molar-refractivity contribution < 1.29 is 0 Å². The van der Waals surface area contributed by atoms with Crippen molar-refractivity contribution in [3.8, 4) is 0 Å². The van der Waals surface area contributed by atoms with Crippen LogP contribution in [-0.4, -0.2) is 16.1 Å². The third-order valence-corrected chi connectivity index (χ3v) is 2.67. The fraction of sp³-hybridized carbons (Fsp3) is 0.167. The number of nitrogens with one attached hydrogen (secondary N) is 2. The largest absolute Gasteiger partial charge is 0.383 e. The lowest BCUT2D eigenvalue weighted by molar-refractivity contribution is 0.669. The van der Waals surface area contributed by atoms with Crippen LogP contribution in [0.3, 0.4) is 0 Å². The van der Waals surface area contributed by atoms with Crippen molar-refractivity contribution in [2.75, 3.05) is 11.9 Å². The summed E-state index contributed by atoms with van der Waals surface area (Å²) in [6.07, 6.45) is 1.48. The SMILES string of the molecule is O=c1ccn(CCNc2ccc(Cl)cc2)c(=O)[nH]1. The Labute approximate surface area is 108 Å². The van der Waals surface area contributed by atoms with E-state index < -0.39 is 5.69 Å². The molecule has 0 bridgehead atoms. The molecule has 1 heterocycles. The summed E-state index contributed by atoms with van der Waals surface area (Å²) in [4.78, 5) is 24.5. The van der Waals surface area contributed by atoms with Crippen LogP contribution in [0.25, 0.3) is 0 Å². The van der Waals surface area contributed by atoms with Gasteiger partial charge in [0, 0.05) is 36.1 Å². The zero-order valence-electron chi connectivity index (χ0n) is 9.52. The molecule has 18 heavy (non-hydrogen) atoms. The van der Waals surface area contributed by atoms with Crippen LogP contribution in [0.2, 0.25) is 5.02 Å². The molecular weight excluding hydrogens is 254 g/mol. The van der Waals surface area contributed by atoms with E-state index in [0.717, 1.165) is 5.69 Å². The molecule has 2 N–H and O–H groups in total. The van der Waals surface area contributed by atoms with Gasteiger partial charge in [-0.3, -0.25) is 14.3 Å². The van der Waals surface area contributed by atoms with Gasteiger partial charge in [-0.1, -0.05) is 11.6 Å². The number of benzene rings is 1. The van der Waals surface area contributed by atoms with E-state index in [-0.39, 0.29) is 5.56 Å². The molecule has 0 fully saturated rings. The molecule has 1 aromatic heterocycles. The van der Waals surface area contributed by atoms with Crippen LogP contribution in [-0.2, 0) is 6.54 Å². The van der Waals surface area contributed by atoms with E-state index in [1.807, 2.05) is 12.1 Å². The van der Waals surface area contributed by atoms with Crippen molar-refractivity contribution in [2.24, 2.45) is 0 Å². The molecule has 0 saturated carbocycles. The quantitative estimate of drug-likeness (QED) is 0.876. The lowest BCUT2D eigenvalue weighted by atomic mass is 10.3. The Bertz CT molecular complexity index is 631. The van der Waals surface area contributed by atoms with Crippen LogP contribution >= 0.6 is 11.6 Å². The first-order valence-electron chi connectivity index (χ1n) is 5.44. The van der Waals surface area contributed by atoms with Crippen LogP contribution in [0.15, 0.2) is 46.1 Å². The summed E-state index contributed by atoms with van der Waals surface area (Å²) in [5, 5.41) is 3.83. The molecule has 0 radical (unpaired) electrons. The predicted octanol–water partition coefficient (Wildman–Crippen LogP) is 1.30. The van der Waals surface area contributed by atoms with Crippen molar-refractivity contribution in [3.05, 3.63) is 62.4 Å². The summed E-state index contributed by atoms with van der Waals surface area (Å²) in [7, 11) is 0. The third-order valence-electron chi connectivity index (χ3n) is 2.42. The lowest BCUT2D eigenvalue weighted by Crippen LogP contribution is -2.30. The van der Waals surface area contributed by atoms with Crippen molar-refractivity contribution in [1.82, 2.24) is 9.55 Å². The average molecular weight is 266 g/mol. The molecule has 0 aliphatic rings. The van der Waals surface area contributed by atoms with E-state index >= 15 is 0 Å². The first-order chi connectivity index (χ1) is 8.65. The van der Waals surface area contributed by atoms with Gasteiger partial charge in [0.05, 0.1) is 0 Å². The molecule has 0 aliphatic carbocycles. The number of nitrogens with zero attached hydrogens (tertiary/aromatic N) is 1. The normalized spacial score (nSPS) is 10.3. The summed E-state index contributed by atoms with van der Waals surface area (Å²) >= 11 is 5.77. The second kappa shape index (κ2) is 5.55. The number of hydrogen-bond donors (Lipinski definition) is 2. The number of aromatic nitrogens is 2. The maximum atomic E-state index is 11.4. The summed E-state index contributed by atoms with van der Waals surface area (Å²) in [5.74, 6) is 0. The maximum Gasteiger partial charge on any atom is 0.328 e. The molecule has 6 heteroatoms. The molecule has 2 rings (SSSR count). The van der Waals surface area contributed by atoms with E-state index in [9.17, 15) is 9.59 Å². The van der Waals surface area contributed by atoms with Crippen LogP contribution in [0.4, 0.5) is 5.69 Å². The average Bonchev–Trinajstić information content (AvgIpc) is 2.34. The fourth-order valence-electron chi connectivity index (χ4n) is 1.51. The Morgan fingerprint density at radius 3 is 2.56 bits per heavy atom. The van der Waals surface area contributed by atoms with Crippen LogP contribution < -0.4 is 16.6 Å². The highest BCUT2D eigenvalue weighted by Crippen LogP contribution is 2.12. The Kier molecular flexibility index (Phi) is 3.84. The number of aromatic amines is 1. The van der Waals surface area contributed by atoms with Gasteiger partial charge in [0.15, 0.2) is 0 Å². The minimum absolute atomic E-state index is 0.387. The van der Waals surface area contributed by atoms with Crippen molar-refractivity contribution in [1.29, 1.82) is 0 Å². The molecule has 0 saturated heterocycles. The van der Waals surface area contributed by atoms with Gasteiger partial charge in [-0.2, -0.15) is 0 Å². The first kappa shape index (κ1) is 12.4. The van der Waals surface area contributed by atoms with Gasteiger partial charge in [-0.25, -0.2) is 4.79 Å². The smallest absolute Gasteiger partial charge is 0.328 e. The van der Waals surface area contributed by atoms with Gasteiger partial charge in [-0.05, 0) is 24.3 Å². The highest BCUT2D eigenvalue weighted by atomic mass is 35.5. The van der Waals surface area contributed by atoms with E-state index in [0.29, 0.717) is 18.1 Å². The van der Waals surface area contributed by atoms with Crippen molar-refractivity contribution in [3.63, 3.8) is 0 Å².